The Hall–Kier alpha value is -1.94. The first kappa shape index (κ1) is 104. The number of hydrogen-bond acceptors (Lipinski definition) is 15. The maximum Gasteiger partial charge on any atom is 0.472 e. The standard InChI is InChI=1S/C87H170O17P2/c1-8-9-10-11-12-13-14-15-16-17-18-19-20-21-24-30-35-40-49-56-63-70-86(91)103-82(74-97-84(89)68-61-54-47-39-34-29-25-22-23-27-32-37-44-51-58-65-78(2)3)76-101-105(93,94)99-72-81(88)73-100-106(95,96)102-77-83(75-98-85(90)69-62-55-48-43-42-46-53-60-67-80(6)7)104-87(92)71-64-57-50-41-36-31-26-28-33-38-45-52-59-66-79(4)5/h78-83,88H,8-77H2,1-7H3,(H,93,94)(H,95,96)/t81-,82-,83-/m1/s1. The largest absolute Gasteiger partial charge is 0.472 e. The molecule has 630 valence electrons. The van der Waals surface area contributed by atoms with Gasteiger partial charge in [-0.2, -0.15) is 0 Å². The van der Waals surface area contributed by atoms with E-state index in [9.17, 15) is 43.2 Å². The van der Waals surface area contributed by atoms with Gasteiger partial charge in [0.05, 0.1) is 26.4 Å². The number of carbonyl (C=O) groups excluding carboxylic acids is 4. The molecule has 0 bridgehead atoms. The summed E-state index contributed by atoms with van der Waals surface area (Å²) in [6.45, 7) is 12.0. The van der Waals surface area contributed by atoms with E-state index in [1.165, 1.54) is 270 Å². The van der Waals surface area contributed by atoms with Crippen LogP contribution < -0.4 is 0 Å². The van der Waals surface area contributed by atoms with E-state index in [0.717, 1.165) is 108 Å². The molecule has 0 fully saturated rings. The molecule has 0 aromatic carbocycles. The summed E-state index contributed by atoms with van der Waals surface area (Å²) in [5, 5.41) is 10.7. The molecule has 3 N–H and O–H groups in total. The van der Waals surface area contributed by atoms with Crippen LogP contribution in [-0.4, -0.2) is 96.7 Å². The van der Waals surface area contributed by atoms with Gasteiger partial charge < -0.3 is 33.8 Å². The van der Waals surface area contributed by atoms with Crippen LogP contribution in [0.15, 0.2) is 0 Å². The number of phosphoric ester groups is 2. The molecule has 106 heavy (non-hydrogen) atoms. The minimum absolute atomic E-state index is 0.107. The Kier molecular flexibility index (Phi) is 75.6. The van der Waals surface area contributed by atoms with Crippen LogP contribution in [0.5, 0.6) is 0 Å². The zero-order chi connectivity index (χ0) is 77.9. The molecule has 0 spiro atoms. The highest BCUT2D eigenvalue weighted by Gasteiger charge is 2.30. The normalized spacial score (nSPS) is 13.9. The van der Waals surface area contributed by atoms with Crippen LogP contribution in [0.1, 0.15) is 459 Å². The molecule has 2 unspecified atom stereocenters. The lowest BCUT2D eigenvalue weighted by Crippen LogP contribution is -2.30. The number of carbonyl (C=O) groups is 4. The highest BCUT2D eigenvalue weighted by Crippen LogP contribution is 2.45. The maximum atomic E-state index is 13.2. The number of phosphoric acid groups is 2. The quantitative estimate of drug-likeness (QED) is 0.0222. The SMILES string of the molecule is CCCCCCCCCCCCCCCCCCCCCCCC(=O)O[C@H](COC(=O)CCCCCCCCCCCCCCCCCC(C)C)COP(=O)(O)OC[C@@H](O)COP(=O)(O)OC[C@@H](COC(=O)CCCCCCCCCCC(C)C)OC(=O)CCCCCCCCCCCCCCCC(C)C. The summed E-state index contributed by atoms with van der Waals surface area (Å²) >= 11 is 0. The second-order valence-electron chi connectivity index (χ2n) is 32.7. The number of unbranched alkanes of at least 4 members (excludes halogenated alkanes) is 53. The molecular formula is C87H170O17P2. The van der Waals surface area contributed by atoms with Gasteiger partial charge in [-0.25, -0.2) is 9.13 Å². The second-order valence-corrected chi connectivity index (χ2v) is 35.6. The Labute approximate surface area is 651 Å². The fourth-order valence-electron chi connectivity index (χ4n) is 13.5. The average molecular weight is 1550 g/mol. The molecule has 19 heteroatoms. The Bertz CT molecular complexity index is 2040. The predicted octanol–water partition coefficient (Wildman–Crippen LogP) is 26.5. The van der Waals surface area contributed by atoms with E-state index >= 15 is 0 Å². The zero-order valence-corrected chi connectivity index (χ0v) is 71.7. The molecule has 0 rings (SSSR count). The molecule has 0 amide bonds. The third-order valence-corrected chi connectivity index (χ3v) is 22.3. The summed E-state index contributed by atoms with van der Waals surface area (Å²) in [5.41, 5.74) is 0. The number of ether oxygens (including phenoxy) is 4. The Morgan fingerprint density at radius 3 is 0.642 bits per heavy atom. The number of rotatable bonds is 85. The average Bonchev–Trinajstić information content (AvgIpc) is 0.902. The van der Waals surface area contributed by atoms with Crippen LogP contribution in [0.25, 0.3) is 0 Å². The molecule has 0 aliphatic heterocycles. The number of esters is 4. The lowest BCUT2D eigenvalue weighted by molar-refractivity contribution is -0.161. The topological polar surface area (TPSA) is 237 Å². The summed E-state index contributed by atoms with van der Waals surface area (Å²) in [6.07, 6.45) is 68.1. The molecule has 0 saturated heterocycles. The molecule has 0 aromatic heterocycles. The van der Waals surface area contributed by atoms with Gasteiger partial charge in [-0.3, -0.25) is 37.3 Å². The van der Waals surface area contributed by atoms with Crippen molar-refractivity contribution in [2.45, 2.75) is 478 Å². The van der Waals surface area contributed by atoms with E-state index in [-0.39, 0.29) is 25.7 Å². The van der Waals surface area contributed by atoms with Gasteiger partial charge in [-0.05, 0) is 43.4 Å². The van der Waals surface area contributed by atoms with Gasteiger partial charge in [0.15, 0.2) is 12.2 Å². The number of hydrogen-bond donors (Lipinski definition) is 3. The maximum absolute atomic E-state index is 13.2. The highest BCUT2D eigenvalue weighted by molar-refractivity contribution is 7.47. The van der Waals surface area contributed by atoms with Crippen molar-refractivity contribution >= 4 is 39.5 Å². The van der Waals surface area contributed by atoms with Gasteiger partial charge in [0.2, 0.25) is 0 Å². The first-order valence-corrected chi connectivity index (χ1v) is 47.8. The fourth-order valence-corrected chi connectivity index (χ4v) is 15.1. The third kappa shape index (κ3) is 80.1. The molecule has 17 nitrogen and oxygen atoms in total. The van der Waals surface area contributed by atoms with Crippen LogP contribution in [0.4, 0.5) is 0 Å². The first-order chi connectivity index (χ1) is 51.2. The molecule has 0 radical (unpaired) electrons. The van der Waals surface area contributed by atoms with Gasteiger partial charge in [-0.1, -0.05) is 408 Å². The van der Waals surface area contributed by atoms with Gasteiger partial charge in [0.1, 0.15) is 19.3 Å². The summed E-state index contributed by atoms with van der Waals surface area (Å²) < 4.78 is 68.9. The molecule has 5 atom stereocenters. The van der Waals surface area contributed by atoms with Gasteiger partial charge >= 0.3 is 39.5 Å². The summed E-state index contributed by atoms with van der Waals surface area (Å²) in [4.78, 5) is 73.3. The van der Waals surface area contributed by atoms with Crippen LogP contribution in [-0.2, 0) is 65.4 Å². The third-order valence-electron chi connectivity index (χ3n) is 20.4. The molecule has 0 heterocycles. The Morgan fingerprint density at radius 1 is 0.255 bits per heavy atom. The van der Waals surface area contributed by atoms with Crippen LogP contribution in [0.2, 0.25) is 0 Å². The van der Waals surface area contributed by atoms with Gasteiger partial charge in [0, 0.05) is 25.7 Å². The molecule has 0 saturated carbocycles. The van der Waals surface area contributed by atoms with Crippen molar-refractivity contribution in [1.82, 2.24) is 0 Å². The van der Waals surface area contributed by atoms with Crippen molar-refractivity contribution in [3.05, 3.63) is 0 Å². The Balaban J connectivity index is 5.24. The first-order valence-electron chi connectivity index (χ1n) is 44.8. The minimum atomic E-state index is -4.97. The monoisotopic (exact) mass is 1550 g/mol. The molecule has 0 aromatic rings. The molecule has 0 aliphatic rings. The fraction of sp³-hybridized carbons (Fsp3) is 0.954. The lowest BCUT2D eigenvalue weighted by Gasteiger charge is -2.21. The van der Waals surface area contributed by atoms with E-state index in [1.54, 1.807) is 0 Å². The van der Waals surface area contributed by atoms with E-state index in [2.05, 4.69) is 48.5 Å². The van der Waals surface area contributed by atoms with Crippen LogP contribution in [0, 0.1) is 17.8 Å². The summed E-state index contributed by atoms with van der Waals surface area (Å²) in [6, 6.07) is 0. The minimum Gasteiger partial charge on any atom is -0.462 e. The van der Waals surface area contributed by atoms with E-state index in [1.807, 2.05) is 0 Å². The predicted molar refractivity (Wildman–Crippen MR) is 437 cm³/mol. The van der Waals surface area contributed by atoms with Crippen molar-refractivity contribution in [1.29, 1.82) is 0 Å². The van der Waals surface area contributed by atoms with Crippen molar-refractivity contribution < 1.29 is 80.2 Å². The molecule has 0 aliphatic carbocycles. The van der Waals surface area contributed by atoms with Gasteiger partial charge in [-0.15, -0.1) is 0 Å². The van der Waals surface area contributed by atoms with Crippen molar-refractivity contribution in [3.63, 3.8) is 0 Å². The van der Waals surface area contributed by atoms with E-state index < -0.39 is 97.5 Å². The molecular weight excluding hydrogens is 1380 g/mol. The van der Waals surface area contributed by atoms with Crippen LogP contribution in [0.3, 0.4) is 0 Å². The van der Waals surface area contributed by atoms with Crippen molar-refractivity contribution in [2.24, 2.45) is 17.8 Å². The highest BCUT2D eigenvalue weighted by atomic mass is 31.2. The van der Waals surface area contributed by atoms with E-state index in [4.69, 9.17) is 37.0 Å². The van der Waals surface area contributed by atoms with Crippen molar-refractivity contribution in [3.8, 4) is 0 Å². The van der Waals surface area contributed by atoms with Crippen molar-refractivity contribution in [2.75, 3.05) is 39.6 Å². The lowest BCUT2D eigenvalue weighted by atomic mass is 10.0. The number of aliphatic hydroxyl groups is 1. The van der Waals surface area contributed by atoms with Gasteiger partial charge in [0.25, 0.3) is 0 Å². The zero-order valence-electron chi connectivity index (χ0n) is 69.9. The summed E-state index contributed by atoms with van der Waals surface area (Å²) in [5.74, 6) is 0.215. The Morgan fingerprint density at radius 2 is 0.434 bits per heavy atom. The smallest absolute Gasteiger partial charge is 0.462 e. The van der Waals surface area contributed by atoms with E-state index in [0.29, 0.717) is 25.7 Å². The second kappa shape index (κ2) is 77.0. The number of aliphatic hydroxyl groups excluding tert-OH is 1. The van der Waals surface area contributed by atoms with Crippen LogP contribution >= 0.6 is 15.6 Å². The summed E-state index contributed by atoms with van der Waals surface area (Å²) in [7, 11) is -9.93.